The van der Waals surface area contributed by atoms with Crippen molar-refractivity contribution in [2.24, 2.45) is 0 Å². The van der Waals surface area contributed by atoms with Crippen molar-refractivity contribution in [3.63, 3.8) is 0 Å². The summed E-state index contributed by atoms with van der Waals surface area (Å²) in [7, 11) is 1.99. The molecule has 1 rings (SSSR count). The Hall–Kier alpha value is -0.350. The first kappa shape index (κ1) is 11.7. The number of hydrogen-bond acceptors (Lipinski definition) is 4. The summed E-state index contributed by atoms with van der Waals surface area (Å²) in [5, 5.41) is 1.08. The lowest BCUT2D eigenvalue weighted by atomic mass is 10.2. The molecule has 0 spiro atoms. The average molecular weight is 234 g/mol. The van der Waals surface area contributed by atoms with Gasteiger partial charge in [-0.05, 0) is 6.92 Å². The molecule has 0 amide bonds. The summed E-state index contributed by atoms with van der Waals surface area (Å²) < 4.78 is 4.29. The van der Waals surface area contributed by atoms with Crippen molar-refractivity contribution in [1.29, 1.82) is 0 Å². The predicted octanol–water partition coefficient (Wildman–Crippen LogP) is 2.73. The van der Waals surface area contributed by atoms with Gasteiger partial charge in [-0.2, -0.15) is 4.37 Å². The minimum Gasteiger partial charge on any atom is -0.348 e. The highest BCUT2D eigenvalue weighted by Crippen LogP contribution is 2.20. The summed E-state index contributed by atoms with van der Waals surface area (Å²) in [4.78, 5) is 6.48. The van der Waals surface area contributed by atoms with Crippen LogP contribution in [0.4, 0.5) is 5.13 Å². The zero-order valence-electron chi connectivity index (χ0n) is 8.99. The van der Waals surface area contributed by atoms with Crippen LogP contribution < -0.4 is 4.90 Å². The maximum atomic E-state index is 5.91. The molecule has 14 heavy (non-hydrogen) atoms. The zero-order valence-corrected chi connectivity index (χ0v) is 10.6. The topological polar surface area (TPSA) is 29.0 Å². The van der Waals surface area contributed by atoms with Gasteiger partial charge < -0.3 is 4.90 Å². The van der Waals surface area contributed by atoms with Crippen LogP contribution in [0.15, 0.2) is 0 Å². The number of rotatable bonds is 4. The molecule has 80 valence electrons. The van der Waals surface area contributed by atoms with E-state index in [1.165, 1.54) is 11.5 Å². The number of anilines is 1. The molecule has 0 saturated carbocycles. The molecule has 0 fully saturated rings. The van der Waals surface area contributed by atoms with Crippen LogP contribution >= 0.6 is 23.1 Å². The molecule has 1 unspecified atom stereocenters. The zero-order chi connectivity index (χ0) is 10.7. The summed E-state index contributed by atoms with van der Waals surface area (Å²) >= 11 is 7.34. The van der Waals surface area contributed by atoms with E-state index in [0.717, 1.165) is 17.5 Å². The van der Waals surface area contributed by atoms with Crippen molar-refractivity contribution >= 4 is 28.3 Å². The fraction of sp³-hybridized carbons (Fsp3) is 0.778. The molecule has 0 saturated heterocycles. The third kappa shape index (κ3) is 3.10. The third-order valence-corrected chi connectivity index (χ3v) is 2.78. The Morgan fingerprint density at radius 3 is 2.50 bits per heavy atom. The molecule has 1 aromatic rings. The molecule has 0 aliphatic heterocycles. The van der Waals surface area contributed by atoms with E-state index in [1.54, 1.807) is 0 Å². The molecule has 0 bridgehead atoms. The van der Waals surface area contributed by atoms with E-state index in [-0.39, 0.29) is 5.38 Å². The second kappa shape index (κ2) is 4.94. The van der Waals surface area contributed by atoms with Gasteiger partial charge in [0, 0.05) is 36.4 Å². The first-order chi connectivity index (χ1) is 6.50. The molecule has 1 atom stereocenters. The lowest BCUT2D eigenvalue weighted by Crippen LogP contribution is -2.23. The number of aromatic nitrogens is 2. The fourth-order valence-corrected chi connectivity index (χ4v) is 2.05. The van der Waals surface area contributed by atoms with E-state index in [1.807, 2.05) is 18.9 Å². The van der Waals surface area contributed by atoms with Gasteiger partial charge in [-0.25, -0.2) is 4.98 Å². The number of halogens is 1. The molecule has 0 aliphatic carbocycles. The molecule has 1 heterocycles. The number of hydrogen-bond donors (Lipinski definition) is 0. The average Bonchev–Trinajstić information content (AvgIpc) is 2.50. The molecular formula is C9H16ClN3S. The number of nitrogens with zero attached hydrogens (tertiary/aromatic N) is 3. The SMILES string of the molecule is CC(Cl)CN(C)c1nc(C(C)C)ns1. The van der Waals surface area contributed by atoms with Crippen LogP contribution in [0.25, 0.3) is 0 Å². The van der Waals surface area contributed by atoms with Crippen molar-refractivity contribution in [2.75, 3.05) is 18.5 Å². The minimum atomic E-state index is 0.131. The smallest absolute Gasteiger partial charge is 0.204 e. The Bertz CT molecular complexity index is 285. The third-order valence-electron chi connectivity index (χ3n) is 1.80. The standard InChI is InChI=1S/C9H16ClN3S/c1-6(2)8-11-9(14-12-8)13(4)5-7(3)10/h6-7H,5H2,1-4H3. The van der Waals surface area contributed by atoms with Crippen LogP contribution in [0.2, 0.25) is 0 Å². The summed E-state index contributed by atoms with van der Waals surface area (Å²) in [5.74, 6) is 1.31. The van der Waals surface area contributed by atoms with Crippen molar-refractivity contribution < 1.29 is 0 Å². The largest absolute Gasteiger partial charge is 0.348 e. The van der Waals surface area contributed by atoms with Gasteiger partial charge in [-0.1, -0.05) is 13.8 Å². The summed E-state index contributed by atoms with van der Waals surface area (Å²) in [5.41, 5.74) is 0. The van der Waals surface area contributed by atoms with Gasteiger partial charge >= 0.3 is 0 Å². The number of alkyl halides is 1. The van der Waals surface area contributed by atoms with Crippen molar-refractivity contribution in [3.05, 3.63) is 5.82 Å². The lowest BCUT2D eigenvalue weighted by molar-refractivity contribution is 0.788. The fourth-order valence-electron chi connectivity index (χ4n) is 1.07. The minimum absolute atomic E-state index is 0.131. The van der Waals surface area contributed by atoms with E-state index in [0.29, 0.717) is 5.92 Å². The molecule has 5 heteroatoms. The van der Waals surface area contributed by atoms with Crippen molar-refractivity contribution in [3.8, 4) is 0 Å². The molecule has 3 nitrogen and oxygen atoms in total. The first-order valence-corrected chi connectivity index (χ1v) is 5.90. The Labute approximate surface area is 94.3 Å². The van der Waals surface area contributed by atoms with E-state index in [9.17, 15) is 0 Å². The summed E-state index contributed by atoms with van der Waals surface area (Å²) in [6, 6.07) is 0. The van der Waals surface area contributed by atoms with Gasteiger partial charge in [0.1, 0.15) is 5.82 Å². The molecule has 0 N–H and O–H groups in total. The van der Waals surface area contributed by atoms with Crippen LogP contribution in [-0.2, 0) is 0 Å². The Balaban J connectivity index is 2.66. The first-order valence-electron chi connectivity index (χ1n) is 4.69. The highest BCUT2D eigenvalue weighted by atomic mass is 35.5. The highest BCUT2D eigenvalue weighted by Gasteiger charge is 2.12. The lowest BCUT2D eigenvalue weighted by Gasteiger charge is -2.15. The maximum Gasteiger partial charge on any atom is 0.204 e. The Morgan fingerprint density at radius 2 is 2.07 bits per heavy atom. The Kier molecular flexibility index (Phi) is 4.13. The molecule has 0 radical (unpaired) electrons. The van der Waals surface area contributed by atoms with Gasteiger partial charge in [0.05, 0.1) is 0 Å². The van der Waals surface area contributed by atoms with Crippen LogP contribution in [-0.4, -0.2) is 28.3 Å². The van der Waals surface area contributed by atoms with Crippen LogP contribution in [0, 0.1) is 0 Å². The Morgan fingerprint density at radius 1 is 1.43 bits per heavy atom. The van der Waals surface area contributed by atoms with Gasteiger partial charge in [0.15, 0.2) is 0 Å². The van der Waals surface area contributed by atoms with Crippen LogP contribution in [0.3, 0.4) is 0 Å². The van der Waals surface area contributed by atoms with Gasteiger partial charge in [-0.15, -0.1) is 11.6 Å². The molecule has 0 aliphatic rings. The normalized spacial score (nSPS) is 13.3. The monoisotopic (exact) mass is 233 g/mol. The van der Waals surface area contributed by atoms with E-state index in [4.69, 9.17) is 11.6 Å². The van der Waals surface area contributed by atoms with Crippen LogP contribution in [0.1, 0.15) is 32.5 Å². The summed E-state index contributed by atoms with van der Waals surface area (Å²) in [6.45, 7) is 6.96. The second-order valence-electron chi connectivity index (χ2n) is 3.75. The second-order valence-corrected chi connectivity index (χ2v) is 5.23. The molecule has 0 aromatic carbocycles. The summed E-state index contributed by atoms with van der Waals surface area (Å²) in [6.07, 6.45) is 0. The quantitative estimate of drug-likeness (QED) is 0.749. The maximum absolute atomic E-state index is 5.91. The van der Waals surface area contributed by atoms with Gasteiger partial charge in [0.2, 0.25) is 5.13 Å². The predicted molar refractivity (Wildman–Crippen MR) is 62.6 cm³/mol. The van der Waals surface area contributed by atoms with E-state index in [2.05, 4.69) is 23.2 Å². The van der Waals surface area contributed by atoms with Gasteiger partial charge in [0.25, 0.3) is 0 Å². The highest BCUT2D eigenvalue weighted by molar-refractivity contribution is 7.09. The van der Waals surface area contributed by atoms with E-state index >= 15 is 0 Å². The van der Waals surface area contributed by atoms with Gasteiger partial charge in [-0.3, -0.25) is 0 Å². The molecular weight excluding hydrogens is 218 g/mol. The van der Waals surface area contributed by atoms with Crippen molar-refractivity contribution in [1.82, 2.24) is 9.36 Å². The molecule has 1 aromatic heterocycles. The van der Waals surface area contributed by atoms with Crippen molar-refractivity contribution in [2.45, 2.75) is 32.1 Å². The van der Waals surface area contributed by atoms with Crippen LogP contribution in [0.5, 0.6) is 0 Å². The van der Waals surface area contributed by atoms with E-state index < -0.39 is 0 Å².